The van der Waals surface area contributed by atoms with E-state index in [0.29, 0.717) is 0 Å². The van der Waals surface area contributed by atoms with Gasteiger partial charge < -0.3 is 15.3 Å². The van der Waals surface area contributed by atoms with Crippen molar-refractivity contribution in [1.29, 1.82) is 0 Å². The van der Waals surface area contributed by atoms with Gasteiger partial charge in [0.25, 0.3) is 0 Å². The molecule has 0 atom stereocenters. The van der Waals surface area contributed by atoms with Gasteiger partial charge in [0.1, 0.15) is 11.5 Å². The van der Waals surface area contributed by atoms with Gasteiger partial charge in [0.05, 0.1) is 5.60 Å². The summed E-state index contributed by atoms with van der Waals surface area (Å²) in [4.78, 5) is 0. The van der Waals surface area contributed by atoms with Crippen LogP contribution in [-0.4, -0.2) is 20.9 Å². The normalized spacial score (nSPS) is 20.3. The van der Waals surface area contributed by atoms with Crippen molar-refractivity contribution < 1.29 is 15.3 Å². The minimum absolute atomic E-state index is 0.150. The summed E-state index contributed by atoms with van der Waals surface area (Å²) in [6.07, 6.45) is 7.92. The highest BCUT2D eigenvalue weighted by Crippen LogP contribution is 2.43. The highest BCUT2D eigenvalue weighted by atomic mass is 16.3. The van der Waals surface area contributed by atoms with Crippen LogP contribution in [0.1, 0.15) is 61.1 Å². The molecular weight excluding hydrogens is 432 g/mol. The molecule has 0 saturated heterocycles. The molecule has 35 heavy (non-hydrogen) atoms. The zero-order valence-corrected chi connectivity index (χ0v) is 21.5. The van der Waals surface area contributed by atoms with Crippen LogP contribution in [0.3, 0.4) is 0 Å². The third-order valence-electron chi connectivity index (χ3n) is 7.87. The van der Waals surface area contributed by atoms with Gasteiger partial charge in [-0.05, 0) is 78.6 Å². The van der Waals surface area contributed by atoms with Crippen LogP contribution in [0.4, 0.5) is 0 Å². The number of aromatic hydroxyl groups is 2. The summed E-state index contributed by atoms with van der Waals surface area (Å²) in [5.74, 6) is 0.741. The van der Waals surface area contributed by atoms with Crippen molar-refractivity contribution in [2.45, 2.75) is 58.0 Å². The monoisotopic (exact) mass is 468 g/mol. The van der Waals surface area contributed by atoms with Gasteiger partial charge in [-0.1, -0.05) is 86.7 Å². The molecule has 0 fully saturated rings. The molecular formula is C32H36O3. The Kier molecular flexibility index (Phi) is 6.19. The molecule has 182 valence electrons. The molecule has 3 nitrogen and oxygen atoms in total. The van der Waals surface area contributed by atoms with Gasteiger partial charge in [-0.3, -0.25) is 0 Å². The van der Waals surface area contributed by atoms with Crippen LogP contribution in [0.2, 0.25) is 0 Å². The van der Waals surface area contributed by atoms with Crippen molar-refractivity contribution in [2.75, 3.05) is 0 Å². The highest BCUT2D eigenvalue weighted by molar-refractivity contribution is 5.54. The molecule has 3 heteroatoms. The first kappa shape index (κ1) is 24.8. The standard InChI is InChI=1S/C32H36O3/c1-21-19-26(11-13-28(21)33)32(6,27-12-14-29(34)22(2)20-27)25-9-7-23(8-10-25)30(3,4)24-15-17-31(5,35)18-16-24/h7-20,24,33-35H,1-6H3. The average Bonchev–Trinajstić information content (AvgIpc) is 2.82. The van der Waals surface area contributed by atoms with Gasteiger partial charge in [0, 0.05) is 11.3 Å². The second-order valence-electron chi connectivity index (χ2n) is 10.9. The minimum Gasteiger partial charge on any atom is -0.508 e. The Morgan fingerprint density at radius 3 is 1.49 bits per heavy atom. The lowest BCUT2D eigenvalue weighted by molar-refractivity contribution is 0.159. The van der Waals surface area contributed by atoms with Crippen LogP contribution in [0.5, 0.6) is 11.5 Å². The quantitative estimate of drug-likeness (QED) is 0.284. The fraction of sp³-hybridized carbons (Fsp3) is 0.312. The largest absolute Gasteiger partial charge is 0.508 e. The number of rotatable bonds is 5. The van der Waals surface area contributed by atoms with Crippen LogP contribution in [0, 0.1) is 19.8 Å². The van der Waals surface area contributed by atoms with Crippen LogP contribution in [-0.2, 0) is 10.8 Å². The average molecular weight is 469 g/mol. The van der Waals surface area contributed by atoms with Gasteiger partial charge >= 0.3 is 0 Å². The van der Waals surface area contributed by atoms with E-state index in [0.717, 1.165) is 27.8 Å². The van der Waals surface area contributed by atoms with Gasteiger partial charge in [0.2, 0.25) is 0 Å². The maximum atomic E-state index is 10.2. The third-order valence-corrected chi connectivity index (χ3v) is 7.87. The highest BCUT2D eigenvalue weighted by Gasteiger charge is 2.34. The van der Waals surface area contributed by atoms with Crippen molar-refractivity contribution in [2.24, 2.45) is 5.92 Å². The Labute approximate surface area is 209 Å². The van der Waals surface area contributed by atoms with E-state index in [9.17, 15) is 15.3 Å². The van der Waals surface area contributed by atoms with E-state index >= 15 is 0 Å². The van der Waals surface area contributed by atoms with Gasteiger partial charge in [-0.15, -0.1) is 0 Å². The van der Waals surface area contributed by atoms with E-state index in [1.54, 1.807) is 19.1 Å². The van der Waals surface area contributed by atoms with Crippen molar-refractivity contribution in [3.05, 3.63) is 118 Å². The van der Waals surface area contributed by atoms with Gasteiger partial charge in [0.15, 0.2) is 0 Å². The lowest BCUT2D eigenvalue weighted by atomic mass is 9.68. The Hall–Kier alpha value is -3.30. The van der Waals surface area contributed by atoms with Crippen molar-refractivity contribution in [1.82, 2.24) is 0 Å². The molecule has 0 saturated carbocycles. The fourth-order valence-corrected chi connectivity index (χ4v) is 5.06. The summed E-state index contributed by atoms with van der Waals surface area (Å²) in [5.41, 5.74) is 4.63. The summed E-state index contributed by atoms with van der Waals surface area (Å²) in [6.45, 7) is 12.3. The van der Waals surface area contributed by atoms with Crippen LogP contribution < -0.4 is 0 Å². The zero-order valence-electron chi connectivity index (χ0n) is 21.5. The van der Waals surface area contributed by atoms with Crippen LogP contribution in [0.15, 0.2) is 85.0 Å². The number of phenols is 2. The Bertz CT molecular complexity index is 1230. The zero-order chi connectivity index (χ0) is 25.6. The minimum atomic E-state index is -0.886. The molecule has 4 rings (SSSR count). The molecule has 3 N–H and O–H groups in total. The van der Waals surface area contributed by atoms with E-state index in [1.807, 2.05) is 50.3 Å². The molecule has 0 heterocycles. The van der Waals surface area contributed by atoms with E-state index < -0.39 is 11.0 Å². The summed E-state index contributed by atoms with van der Waals surface area (Å²) >= 11 is 0. The molecule has 0 amide bonds. The molecule has 0 spiro atoms. The number of phenolic OH excluding ortho intramolecular Hbond substituents is 2. The first-order valence-electron chi connectivity index (χ1n) is 12.2. The van der Waals surface area contributed by atoms with E-state index in [2.05, 4.69) is 57.2 Å². The predicted molar refractivity (Wildman–Crippen MR) is 143 cm³/mol. The number of hydrogen-bond acceptors (Lipinski definition) is 3. The number of hydrogen-bond donors (Lipinski definition) is 3. The molecule has 3 aromatic rings. The first-order chi connectivity index (χ1) is 16.3. The summed E-state index contributed by atoms with van der Waals surface area (Å²) in [6, 6.07) is 20.3. The Balaban J connectivity index is 1.79. The SMILES string of the molecule is Cc1cc(C(C)(c2ccc(C(C)(C)C3C=CC(C)(O)C=C3)cc2)c2ccc(O)c(C)c2)ccc1O. The molecule has 0 unspecified atom stereocenters. The van der Waals surface area contributed by atoms with E-state index in [4.69, 9.17) is 0 Å². The second kappa shape index (κ2) is 8.73. The first-order valence-corrected chi connectivity index (χ1v) is 12.2. The fourth-order valence-electron chi connectivity index (χ4n) is 5.06. The van der Waals surface area contributed by atoms with Crippen molar-refractivity contribution >= 4 is 0 Å². The topological polar surface area (TPSA) is 60.7 Å². The number of allylic oxidation sites excluding steroid dienone is 2. The molecule has 1 aliphatic rings. The van der Waals surface area contributed by atoms with Crippen LogP contribution >= 0.6 is 0 Å². The summed E-state index contributed by atoms with van der Waals surface area (Å²) in [7, 11) is 0. The van der Waals surface area contributed by atoms with Crippen LogP contribution in [0.25, 0.3) is 0 Å². The molecule has 3 aromatic carbocycles. The maximum Gasteiger partial charge on any atom is 0.118 e. The molecule has 0 radical (unpaired) electrons. The van der Waals surface area contributed by atoms with E-state index in [1.165, 1.54) is 5.56 Å². The molecule has 1 aliphatic carbocycles. The number of benzene rings is 3. The van der Waals surface area contributed by atoms with Gasteiger partial charge in [-0.25, -0.2) is 0 Å². The number of aryl methyl sites for hydroxylation is 2. The smallest absolute Gasteiger partial charge is 0.118 e. The van der Waals surface area contributed by atoms with Crippen molar-refractivity contribution in [3.8, 4) is 11.5 Å². The summed E-state index contributed by atoms with van der Waals surface area (Å²) in [5, 5.41) is 30.5. The maximum absolute atomic E-state index is 10.2. The Morgan fingerprint density at radius 2 is 1.06 bits per heavy atom. The lowest BCUT2D eigenvalue weighted by Gasteiger charge is -2.36. The molecule has 0 bridgehead atoms. The Morgan fingerprint density at radius 1 is 0.657 bits per heavy atom. The third kappa shape index (κ3) is 4.53. The molecule has 0 aromatic heterocycles. The van der Waals surface area contributed by atoms with Gasteiger partial charge in [-0.2, -0.15) is 0 Å². The number of aliphatic hydroxyl groups is 1. The van der Waals surface area contributed by atoms with E-state index in [-0.39, 0.29) is 22.8 Å². The predicted octanol–water partition coefficient (Wildman–Crippen LogP) is 6.84. The summed E-state index contributed by atoms with van der Waals surface area (Å²) < 4.78 is 0. The lowest BCUT2D eigenvalue weighted by Crippen LogP contribution is -2.31. The molecule has 0 aliphatic heterocycles. The van der Waals surface area contributed by atoms with Crippen molar-refractivity contribution in [3.63, 3.8) is 0 Å². The second-order valence-corrected chi connectivity index (χ2v) is 10.9.